The highest BCUT2D eigenvalue weighted by molar-refractivity contribution is 6.31. The molecule has 0 aromatic carbocycles. The second-order valence-corrected chi connectivity index (χ2v) is 5.32. The summed E-state index contributed by atoms with van der Waals surface area (Å²) in [6.07, 6.45) is 5.13. The number of nitrogens with zero attached hydrogens (tertiary/aromatic N) is 2. The fourth-order valence-electron chi connectivity index (χ4n) is 2.03. The van der Waals surface area contributed by atoms with Crippen LogP contribution in [0.3, 0.4) is 0 Å². The number of aryl methyl sites for hydroxylation is 1. The molecule has 0 aliphatic carbocycles. The average molecular weight is 258 g/mol. The molecule has 1 aromatic heterocycles. The number of hydrogen-bond donors (Lipinski definition) is 1. The summed E-state index contributed by atoms with van der Waals surface area (Å²) in [5.74, 6) is 0.715. The Labute approximate surface area is 110 Å². The third-order valence-corrected chi connectivity index (χ3v) is 3.27. The van der Waals surface area contributed by atoms with Crippen LogP contribution in [0, 0.1) is 5.92 Å². The van der Waals surface area contributed by atoms with E-state index in [1.54, 1.807) is 6.20 Å². The molecule has 0 saturated carbocycles. The maximum Gasteiger partial charge on any atom is 0.0834 e. The molecule has 1 atom stereocenters. The summed E-state index contributed by atoms with van der Waals surface area (Å²) in [4.78, 5) is 0. The molecule has 1 rings (SSSR count). The normalized spacial score (nSPS) is 13.3. The highest BCUT2D eigenvalue weighted by Crippen LogP contribution is 2.27. The molecule has 98 valence electrons. The van der Waals surface area contributed by atoms with Crippen LogP contribution in [0.4, 0.5) is 0 Å². The molecule has 4 heteroatoms. The van der Waals surface area contributed by atoms with E-state index in [-0.39, 0.29) is 0 Å². The lowest BCUT2D eigenvalue weighted by Gasteiger charge is -2.19. The van der Waals surface area contributed by atoms with Gasteiger partial charge < -0.3 is 5.32 Å². The molecule has 0 radical (unpaired) electrons. The predicted octanol–water partition coefficient (Wildman–Crippen LogP) is 3.64. The van der Waals surface area contributed by atoms with Crippen molar-refractivity contribution in [2.75, 3.05) is 7.05 Å². The summed E-state index contributed by atoms with van der Waals surface area (Å²) in [5.41, 5.74) is 1.14. The van der Waals surface area contributed by atoms with E-state index < -0.39 is 0 Å². The Morgan fingerprint density at radius 3 is 2.65 bits per heavy atom. The molecule has 0 fully saturated rings. The van der Waals surface area contributed by atoms with Crippen molar-refractivity contribution in [3.63, 3.8) is 0 Å². The Hall–Kier alpha value is -0.540. The highest BCUT2D eigenvalue weighted by atomic mass is 35.5. The molecular formula is C13H24ClN3. The van der Waals surface area contributed by atoms with Crippen LogP contribution < -0.4 is 5.32 Å². The molecule has 3 nitrogen and oxygen atoms in total. The van der Waals surface area contributed by atoms with Crippen molar-refractivity contribution in [3.05, 3.63) is 16.9 Å². The second kappa shape index (κ2) is 7.02. The van der Waals surface area contributed by atoms with E-state index in [2.05, 4.69) is 31.2 Å². The Kier molecular flexibility index (Phi) is 6.00. The lowest BCUT2D eigenvalue weighted by atomic mass is 10.0. The number of aromatic nitrogens is 2. The topological polar surface area (TPSA) is 29.9 Å². The van der Waals surface area contributed by atoms with E-state index in [0.29, 0.717) is 12.0 Å². The van der Waals surface area contributed by atoms with Gasteiger partial charge in [0.1, 0.15) is 0 Å². The fraction of sp³-hybridized carbons (Fsp3) is 0.769. The van der Waals surface area contributed by atoms with Gasteiger partial charge in [0.05, 0.1) is 23.0 Å². The zero-order chi connectivity index (χ0) is 12.8. The first kappa shape index (κ1) is 14.5. The van der Waals surface area contributed by atoms with E-state index in [4.69, 9.17) is 11.6 Å². The summed E-state index contributed by atoms with van der Waals surface area (Å²) in [6.45, 7) is 7.58. The summed E-state index contributed by atoms with van der Waals surface area (Å²) in [7, 11) is 1.99. The van der Waals surface area contributed by atoms with Gasteiger partial charge >= 0.3 is 0 Å². The number of nitrogens with one attached hydrogen (secondary N) is 1. The molecule has 0 bridgehead atoms. The number of hydrogen-bond acceptors (Lipinski definition) is 2. The smallest absolute Gasteiger partial charge is 0.0834 e. The third-order valence-electron chi connectivity index (χ3n) is 2.98. The molecule has 1 aromatic rings. The van der Waals surface area contributed by atoms with Crippen LogP contribution in [0.5, 0.6) is 0 Å². The summed E-state index contributed by atoms with van der Waals surface area (Å²) >= 11 is 6.25. The van der Waals surface area contributed by atoms with Gasteiger partial charge in [-0.1, -0.05) is 32.4 Å². The predicted molar refractivity (Wildman–Crippen MR) is 73.4 cm³/mol. The van der Waals surface area contributed by atoms with Crippen molar-refractivity contribution in [3.8, 4) is 0 Å². The maximum atomic E-state index is 6.25. The van der Waals surface area contributed by atoms with Gasteiger partial charge in [0.15, 0.2) is 0 Å². The molecular weight excluding hydrogens is 234 g/mol. The fourth-order valence-corrected chi connectivity index (χ4v) is 2.30. The van der Waals surface area contributed by atoms with Gasteiger partial charge in [-0.2, -0.15) is 5.10 Å². The van der Waals surface area contributed by atoms with E-state index >= 15 is 0 Å². The monoisotopic (exact) mass is 257 g/mol. The summed E-state index contributed by atoms with van der Waals surface area (Å²) in [6, 6.07) is 0.305. The number of halogens is 1. The van der Waals surface area contributed by atoms with Crippen molar-refractivity contribution in [1.29, 1.82) is 0 Å². The Balaban J connectivity index is 2.82. The SMILES string of the molecule is CCCn1ncc(Cl)c1C(CCC(C)C)NC. The van der Waals surface area contributed by atoms with Gasteiger partial charge in [-0.3, -0.25) is 4.68 Å². The average Bonchev–Trinajstić information content (AvgIpc) is 2.63. The van der Waals surface area contributed by atoms with Crippen molar-refractivity contribution >= 4 is 11.6 Å². The van der Waals surface area contributed by atoms with E-state index in [1.165, 1.54) is 6.42 Å². The van der Waals surface area contributed by atoms with Crippen molar-refractivity contribution in [1.82, 2.24) is 15.1 Å². The third kappa shape index (κ3) is 4.00. The van der Waals surface area contributed by atoms with E-state index in [0.717, 1.165) is 30.1 Å². The molecule has 1 unspecified atom stereocenters. The first-order chi connectivity index (χ1) is 8.10. The number of rotatable bonds is 7. The molecule has 0 saturated heterocycles. The van der Waals surface area contributed by atoms with Crippen LogP contribution in [0.2, 0.25) is 5.02 Å². The minimum absolute atomic E-state index is 0.305. The van der Waals surface area contributed by atoms with Crippen LogP contribution in [0.25, 0.3) is 0 Å². The molecule has 0 spiro atoms. The van der Waals surface area contributed by atoms with Crippen LogP contribution in [0.15, 0.2) is 6.20 Å². The molecule has 0 aliphatic rings. The van der Waals surface area contributed by atoms with Gasteiger partial charge in [0.25, 0.3) is 0 Å². The minimum atomic E-state index is 0.305. The first-order valence-corrected chi connectivity index (χ1v) is 6.86. The maximum absolute atomic E-state index is 6.25. The quantitative estimate of drug-likeness (QED) is 0.808. The Morgan fingerprint density at radius 1 is 1.41 bits per heavy atom. The molecule has 0 amide bonds. The minimum Gasteiger partial charge on any atom is -0.312 e. The van der Waals surface area contributed by atoms with Gasteiger partial charge in [-0.05, 0) is 32.2 Å². The highest BCUT2D eigenvalue weighted by Gasteiger charge is 2.18. The zero-order valence-corrected chi connectivity index (χ0v) is 12.1. The van der Waals surface area contributed by atoms with Crippen molar-refractivity contribution in [2.45, 2.75) is 52.6 Å². The van der Waals surface area contributed by atoms with Crippen LogP contribution in [-0.4, -0.2) is 16.8 Å². The molecule has 0 aliphatic heterocycles. The largest absolute Gasteiger partial charge is 0.312 e. The van der Waals surface area contributed by atoms with Gasteiger partial charge in [-0.15, -0.1) is 0 Å². The molecule has 17 heavy (non-hydrogen) atoms. The van der Waals surface area contributed by atoms with Crippen LogP contribution in [-0.2, 0) is 6.54 Å². The Morgan fingerprint density at radius 2 is 2.12 bits per heavy atom. The van der Waals surface area contributed by atoms with Gasteiger partial charge in [0, 0.05) is 6.54 Å². The van der Waals surface area contributed by atoms with Gasteiger partial charge in [-0.25, -0.2) is 0 Å². The summed E-state index contributed by atoms with van der Waals surface area (Å²) < 4.78 is 2.03. The Bertz CT molecular complexity index is 333. The zero-order valence-electron chi connectivity index (χ0n) is 11.3. The lowest BCUT2D eigenvalue weighted by Crippen LogP contribution is -2.21. The lowest BCUT2D eigenvalue weighted by molar-refractivity contribution is 0.432. The van der Waals surface area contributed by atoms with E-state index in [9.17, 15) is 0 Å². The van der Waals surface area contributed by atoms with Gasteiger partial charge in [0.2, 0.25) is 0 Å². The van der Waals surface area contributed by atoms with Crippen LogP contribution >= 0.6 is 11.6 Å². The van der Waals surface area contributed by atoms with Crippen molar-refractivity contribution in [2.24, 2.45) is 5.92 Å². The standard InChI is InChI=1S/C13H24ClN3/c1-5-8-17-13(11(14)9-16-17)12(15-4)7-6-10(2)3/h9-10,12,15H,5-8H2,1-4H3. The second-order valence-electron chi connectivity index (χ2n) is 4.91. The summed E-state index contributed by atoms with van der Waals surface area (Å²) in [5, 5.41) is 8.48. The molecule has 1 N–H and O–H groups in total. The molecule has 1 heterocycles. The first-order valence-electron chi connectivity index (χ1n) is 6.48. The van der Waals surface area contributed by atoms with Crippen LogP contribution in [0.1, 0.15) is 51.8 Å². The van der Waals surface area contributed by atoms with E-state index in [1.807, 2.05) is 11.7 Å². The van der Waals surface area contributed by atoms with Crippen molar-refractivity contribution < 1.29 is 0 Å².